The van der Waals surface area contributed by atoms with E-state index in [4.69, 9.17) is 14.2 Å². The van der Waals surface area contributed by atoms with Crippen molar-refractivity contribution in [2.45, 2.75) is 23.6 Å². The zero-order valence-corrected chi connectivity index (χ0v) is 17.9. The summed E-state index contributed by atoms with van der Waals surface area (Å²) in [6.45, 7) is 3.57. The molecule has 2 aromatic carbocycles. The van der Waals surface area contributed by atoms with Crippen molar-refractivity contribution in [2.75, 3.05) is 34.9 Å². The molecule has 0 bridgehead atoms. The van der Waals surface area contributed by atoms with E-state index in [1.54, 1.807) is 28.4 Å². The van der Waals surface area contributed by atoms with Crippen molar-refractivity contribution in [2.24, 2.45) is 4.99 Å². The third-order valence-corrected chi connectivity index (χ3v) is 5.16. The first-order valence-corrected chi connectivity index (χ1v) is 9.94. The van der Waals surface area contributed by atoms with Gasteiger partial charge in [-0.15, -0.1) is 11.8 Å². The molecule has 1 unspecified atom stereocenters. The molecular formula is C21H29N3O3S. The Kier molecular flexibility index (Phi) is 8.81. The van der Waals surface area contributed by atoms with Gasteiger partial charge in [0, 0.05) is 30.3 Å². The summed E-state index contributed by atoms with van der Waals surface area (Å²) >= 11 is 1.83. The molecule has 2 aromatic rings. The second-order valence-corrected chi connectivity index (χ2v) is 7.59. The van der Waals surface area contributed by atoms with E-state index in [2.05, 4.69) is 46.8 Å². The van der Waals surface area contributed by atoms with Gasteiger partial charge in [0.15, 0.2) is 17.5 Å². The topological polar surface area (TPSA) is 64.1 Å². The fourth-order valence-electron chi connectivity index (χ4n) is 2.66. The van der Waals surface area contributed by atoms with Gasteiger partial charge in [-0.1, -0.05) is 25.1 Å². The van der Waals surface area contributed by atoms with Crippen molar-refractivity contribution in [1.82, 2.24) is 10.6 Å². The SMILES string of the molecule is CN=C(NCc1cc(OC)c(OC)c(OC)c1)NCC(C)Sc1ccccc1. The Morgan fingerprint density at radius 2 is 1.64 bits per heavy atom. The number of nitrogens with one attached hydrogen (secondary N) is 2. The van der Waals surface area contributed by atoms with E-state index in [9.17, 15) is 0 Å². The van der Waals surface area contributed by atoms with Crippen molar-refractivity contribution in [1.29, 1.82) is 0 Å². The highest BCUT2D eigenvalue weighted by Gasteiger charge is 2.13. The number of benzene rings is 2. The number of nitrogens with zero attached hydrogens (tertiary/aromatic N) is 1. The molecule has 0 spiro atoms. The highest BCUT2D eigenvalue weighted by atomic mass is 32.2. The number of aliphatic imine (C=N–C) groups is 1. The third kappa shape index (κ3) is 6.27. The largest absolute Gasteiger partial charge is 0.493 e. The van der Waals surface area contributed by atoms with Gasteiger partial charge >= 0.3 is 0 Å². The van der Waals surface area contributed by atoms with Crippen LogP contribution in [0.4, 0.5) is 0 Å². The normalized spacial score (nSPS) is 12.2. The zero-order valence-electron chi connectivity index (χ0n) is 17.1. The molecule has 6 nitrogen and oxygen atoms in total. The van der Waals surface area contributed by atoms with Gasteiger partial charge in [0.1, 0.15) is 0 Å². The van der Waals surface area contributed by atoms with Crippen LogP contribution in [0, 0.1) is 0 Å². The van der Waals surface area contributed by atoms with Gasteiger partial charge < -0.3 is 24.8 Å². The molecule has 1 atom stereocenters. The van der Waals surface area contributed by atoms with Crippen LogP contribution in [0.5, 0.6) is 17.2 Å². The van der Waals surface area contributed by atoms with Gasteiger partial charge in [-0.05, 0) is 29.8 Å². The van der Waals surface area contributed by atoms with E-state index in [0.29, 0.717) is 29.0 Å². The predicted molar refractivity (Wildman–Crippen MR) is 116 cm³/mol. The molecule has 0 aromatic heterocycles. The summed E-state index contributed by atoms with van der Waals surface area (Å²) in [6.07, 6.45) is 0. The van der Waals surface area contributed by atoms with Crippen molar-refractivity contribution < 1.29 is 14.2 Å². The second kappa shape index (κ2) is 11.3. The van der Waals surface area contributed by atoms with Gasteiger partial charge in [0.05, 0.1) is 21.3 Å². The molecular weight excluding hydrogens is 374 g/mol. The lowest BCUT2D eigenvalue weighted by atomic mass is 10.2. The summed E-state index contributed by atoms with van der Waals surface area (Å²) in [6, 6.07) is 14.2. The summed E-state index contributed by atoms with van der Waals surface area (Å²) in [5, 5.41) is 7.10. The molecule has 0 fully saturated rings. The van der Waals surface area contributed by atoms with Crippen molar-refractivity contribution in [3.05, 3.63) is 48.0 Å². The first-order valence-electron chi connectivity index (χ1n) is 9.06. The maximum Gasteiger partial charge on any atom is 0.203 e. The standard InChI is InChI=1S/C21H29N3O3S/c1-15(28-17-9-7-6-8-10-17)13-23-21(22-2)24-14-16-11-18(25-3)20(27-5)19(12-16)26-4/h6-12,15H,13-14H2,1-5H3,(H2,22,23,24). The van der Waals surface area contributed by atoms with E-state index in [-0.39, 0.29) is 0 Å². The van der Waals surface area contributed by atoms with E-state index in [1.165, 1.54) is 4.90 Å². The lowest BCUT2D eigenvalue weighted by Crippen LogP contribution is -2.39. The highest BCUT2D eigenvalue weighted by Crippen LogP contribution is 2.38. The van der Waals surface area contributed by atoms with Crippen LogP contribution < -0.4 is 24.8 Å². The average molecular weight is 404 g/mol. The molecule has 0 aliphatic heterocycles. The number of guanidine groups is 1. The molecule has 28 heavy (non-hydrogen) atoms. The first-order chi connectivity index (χ1) is 13.6. The maximum atomic E-state index is 5.41. The Labute approximate surface area is 171 Å². The van der Waals surface area contributed by atoms with E-state index >= 15 is 0 Å². The van der Waals surface area contributed by atoms with Crippen LogP contribution in [-0.4, -0.2) is 46.1 Å². The van der Waals surface area contributed by atoms with Crippen molar-refractivity contribution in [3.8, 4) is 17.2 Å². The van der Waals surface area contributed by atoms with Gasteiger partial charge in [-0.3, -0.25) is 4.99 Å². The van der Waals surface area contributed by atoms with E-state index in [0.717, 1.165) is 18.1 Å². The third-order valence-electron chi connectivity index (χ3n) is 4.05. The summed E-state index contributed by atoms with van der Waals surface area (Å²) in [7, 11) is 6.58. The molecule has 2 N–H and O–H groups in total. The van der Waals surface area contributed by atoms with Crippen molar-refractivity contribution in [3.63, 3.8) is 0 Å². The fourth-order valence-corrected chi connectivity index (χ4v) is 3.60. The van der Waals surface area contributed by atoms with Crippen LogP contribution in [-0.2, 0) is 6.54 Å². The van der Waals surface area contributed by atoms with Crippen LogP contribution in [0.15, 0.2) is 52.4 Å². The summed E-state index contributed by atoms with van der Waals surface area (Å²) < 4.78 is 16.2. The summed E-state index contributed by atoms with van der Waals surface area (Å²) in [4.78, 5) is 5.56. The van der Waals surface area contributed by atoms with Crippen LogP contribution in [0.1, 0.15) is 12.5 Å². The van der Waals surface area contributed by atoms with Crippen LogP contribution in [0.25, 0.3) is 0 Å². The summed E-state index contributed by atoms with van der Waals surface area (Å²) in [5.74, 6) is 2.60. The maximum absolute atomic E-state index is 5.41. The highest BCUT2D eigenvalue weighted by molar-refractivity contribution is 8.00. The van der Waals surface area contributed by atoms with Crippen LogP contribution >= 0.6 is 11.8 Å². The van der Waals surface area contributed by atoms with E-state index < -0.39 is 0 Å². The molecule has 0 amide bonds. The molecule has 0 aliphatic carbocycles. The molecule has 7 heteroatoms. The van der Waals surface area contributed by atoms with Gasteiger partial charge in [-0.25, -0.2) is 0 Å². The van der Waals surface area contributed by atoms with Crippen LogP contribution in [0.2, 0.25) is 0 Å². The Bertz CT molecular complexity index is 744. The van der Waals surface area contributed by atoms with Crippen molar-refractivity contribution >= 4 is 17.7 Å². The zero-order chi connectivity index (χ0) is 20.4. The first kappa shape index (κ1) is 21.8. The molecule has 0 saturated heterocycles. The number of ether oxygens (including phenoxy) is 3. The Morgan fingerprint density at radius 1 is 1.00 bits per heavy atom. The van der Waals surface area contributed by atoms with E-state index in [1.807, 2.05) is 30.0 Å². The Hall–Kier alpha value is -2.54. The minimum absolute atomic E-state index is 0.405. The lowest BCUT2D eigenvalue weighted by molar-refractivity contribution is 0.323. The lowest BCUT2D eigenvalue weighted by Gasteiger charge is -2.17. The molecule has 0 aliphatic rings. The van der Waals surface area contributed by atoms with Gasteiger partial charge in [-0.2, -0.15) is 0 Å². The second-order valence-electron chi connectivity index (χ2n) is 6.08. The minimum atomic E-state index is 0.405. The minimum Gasteiger partial charge on any atom is -0.493 e. The number of hydrogen-bond acceptors (Lipinski definition) is 5. The fraction of sp³-hybridized carbons (Fsp3) is 0.381. The molecule has 0 radical (unpaired) electrons. The molecule has 2 rings (SSSR count). The number of thioether (sulfide) groups is 1. The number of rotatable bonds is 9. The number of hydrogen-bond donors (Lipinski definition) is 2. The Balaban J connectivity index is 1.91. The van der Waals surface area contributed by atoms with Crippen LogP contribution in [0.3, 0.4) is 0 Å². The van der Waals surface area contributed by atoms with Gasteiger partial charge in [0.25, 0.3) is 0 Å². The monoisotopic (exact) mass is 403 g/mol. The Morgan fingerprint density at radius 3 is 2.18 bits per heavy atom. The molecule has 152 valence electrons. The average Bonchev–Trinajstić information content (AvgIpc) is 2.73. The molecule has 0 heterocycles. The predicted octanol–water partition coefficient (Wildman–Crippen LogP) is 3.56. The smallest absolute Gasteiger partial charge is 0.203 e. The molecule has 0 saturated carbocycles. The van der Waals surface area contributed by atoms with Gasteiger partial charge in [0.2, 0.25) is 5.75 Å². The number of methoxy groups -OCH3 is 3. The quantitative estimate of drug-likeness (QED) is 0.379. The summed E-state index contributed by atoms with van der Waals surface area (Å²) in [5.41, 5.74) is 1.00.